The Bertz CT molecular complexity index is 209. The minimum absolute atomic E-state index is 0.0253. The summed E-state index contributed by atoms with van der Waals surface area (Å²) >= 11 is 0. The Labute approximate surface area is 64.7 Å². The van der Waals surface area contributed by atoms with Gasteiger partial charge >= 0.3 is 0 Å². The molecule has 1 aliphatic carbocycles. The number of fused-ring (bicyclic) bond motifs is 1. The number of aliphatic hydroxyl groups excluding tert-OH is 1. The van der Waals surface area contributed by atoms with E-state index in [1.54, 1.807) is 12.2 Å². The summed E-state index contributed by atoms with van der Waals surface area (Å²) < 4.78 is 5.13. The fourth-order valence-electron chi connectivity index (χ4n) is 1.67. The van der Waals surface area contributed by atoms with Gasteiger partial charge in [0.05, 0.1) is 6.10 Å². The number of allylic oxidation sites excluding steroid dienone is 1. The molecule has 3 unspecified atom stereocenters. The van der Waals surface area contributed by atoms with Gasteiger partial charge in [-0.2, -0.15) is 0 Å². The molecule has 0 spiro atoms. The highest BCUT2D eigenvalue weighted by molar-refractivity contribution is 5.90. The lowest BCUT2D eigenvalue weighted by Crippen LogP contribution is -2.20. The quantitative estimate of drug-likeness (QED) is 0.543. The van der Waals surface area contributed by atoms with E-state index in [1.165, 1.54) is 0 Å². The molecular weight excluding hydrogens is 144 g/mol. The highest BCUT2D eigenvalue weighted by atomic mass is 16.6. The molecule has 1 heterocycles. The van der Waals surface area contributed by atoms with Crippen LogP contribution in [0.15, 0.2) is 12.2 Å². The summed E-state index contributed by atoms with van der Waals surface area (Å²) in [7, 11) is 0. The van der Waals surface area contributed by atoms with E-state index in [4.69, 9.17) is 9.84 Å². The number of rotatable bonds is 0. The number of hydrogen-bond acceptors (Lipinski definition) is 3. The highest BCUT2D eigenvalue weighted by Crippen LogP contribution is 2.31. The predicted octanol–water partition coefficient (Wildman–Crippen LogP) is 0.239. The van der Waals surface area contributed by atoms with Gasteiger partial charge < -0.3 is 9.84 Å². The molecule has 0 aromatic heterocycles. The third-order valence-electron chi connectivity index (χ3n) is 2.22. The monoisotopic (exact) mass is 154 g/mol. The fourth-order valence-corrected chi connectivity index (χ4v) is 1.67. The van der Waals surface area contributed by atoms with Crippen molar-refractivity contribution in [3.8, 4) is 0 Å². The number of carbonyl (C=O) groups excluding carboxylic acids is 1. The molecule has 0 amide bonds. The van der Waals surface area contributed by atoms with Gasteiger partial charge in [0.1, 0.15) is 0 Å². The van der Waals surface area contributed by atoms with E-state index in [2.05, 4.69) is 0 Å². The Morgan fingerprint density at radius 2 is 2.45 bits per heavy atom. The average Bonchev–Trinajstić information content (AvgIpc) is 2.27. The minimum atomic E-state index is -0.666. The van der Waals surface area contributed by atoms with Gasteiger partial charge in [-0.05, 0) is 6.08 Å². The van der Waals surface area contributed by atoms with Crippen LogP contribution in [0.5, 0.6) is 0 Å². The Morgan fingerprint density at radius 1 is 1.64 bits per heavy atom. The van der Waals surface area contributed by atoms with Crippen LogP contribution in [-0.4, -0.2) is 23.3 Å². The molecule has 0 aromatic carbocycles. The van der Waals surface area contributed by atoms with Gasteiger partial charge in [0, 0.05) is 18.8 Å². The molecule has 2 aliphatic rings. The van der Waals surface area contributed by atoms with Crippen molar-refractivity contribution >= 4 is 5.78 Å². The van der Waals surface area contributed by atoms with E-state index >= 15 is 0 Å². The summed E-state index contributed by atoms with van der Waals surface area (Å²) in [5.74, 6) is 0.353. The summed E-state index contributed by atoms with van der Waals surface area (Å²) in [6, 6.07) is 0. The maximum atomic E-state index is 10.9. The van der Waals surface area contributed by atoms with Crippen molar-refractivity contribution in [2.75, 3.05) is 0 Å². The molecule has 1 fully saturated rings. The lowest BCUT2D eigenvalue weighted by Gasteiger charge is -2.16. The van der Waals surface area contributed by atoms with Crippen molar-refractivity contribution in [1.82, 2.24) is 0 Å². The first-order chi connectivity index (χ1) is 5.25. The van der Waals surface area contributed by atoms with E-state index in [-0.39, 0.29) is 17.8 Å². The third kappa shape index (κ3) is 1.21. The fraction of sp³-hybridized carbons (Fsp3) is 0.625. The van der Waals surface area contributed by atoms with Gasteiger partial charge in [0.2, 0.25) is 0 Å². The van der Waals surface area contributed by atoms with Gasteiger partial charge in [-0.25, -0.2) is 0 Å². The van der Waals surface area contributed by atoms with E-state index in [0.717, 1.165) is 0 Å². The molecule has 3 nitrogen and oxygen atoms in total. The average molecular weight is 154 g/mol. The molecule has 3 atom stereocenters. The van der Waals surface area contributed by atoms with E-state index in [9.17, 15) is 4.79 Å². The third-order valence-corrected chi connectivity index (χ3v) is 2.22. The second kappa shape index (κ2) is 2.43. The topological polar surface area (TPSA) is 46.5 Å². The molecule has 1 aliphatic heterocycles. The van der Waals surface area contributed by atoms with Gasteiger partial charge in [-0.1, -0.05) is 6.08 Å². The van der Waals surface area contributed by atoms with Crippen LogP contribution in [0.1, 0.15) is 12.8 Å². The zero-order valence-electron chi connectivity index (χ0n) is 6.06. The van der Waals surface area contributed by atoms with Crippen molar-refractivity contribution in [2.24, 2.45) is 5.92 Å². The number of carbonyl (C=O) groups is 1. The molecule has 0 radical (unpaired) electrons. The molecule has 60 valence electrons. The van der Waals surface area contributed by atoms with Crippen LogP contribution in [0.3, 0.4) is 0 Å². The van der Waals surface area contributed by atoms with Gasteiger partial charge in [-0.3, -0.25) is 4.79 Å². The molecule has 0 bridgehead atoms. The Hall–Kier alpha value is -0.670. The summed E-state index contributed by atoms with van der Waals surface area (Å²) in [5.41, 5.74) is 0. The summed E-state index contributed by atoms with van der Waals surface area (Å²) in [6.07, 6.45) is 3.72. The Morgan fingerprint density at radius 3 is 3.27 bits per heavy atom. The maximum absolute atomic E-state index is 10.9. The number of aliphatic hydroxyl groups is 1. The van der Waals surface area contributed by atoms with Crippen molar-refractivity contribution in [1.29, 1.82) is 0 Å². The smallest absolute Gasteiger partial charge is 0.155 e. The van der Waals surface area contributed by atoms with Crippen molar-refractivity contribution in [3.05, 3.63) is 12.2 Å². The van der Waals surface area contributed by atoms with Crippen LogP contribution in [0.2, 0.25) is 0 Å². The lowest BCUT2D eigenvalue weighted by atomic mass is 9.90. The minimum Gasteiger partial charge on any atom is -0.368 e. The van der Waals surface area contributed by atoms with Crippen LogP contribution in [0.4, 0.5) is 0 Å². The molecule has 0 aromatic rings. The second-order valence-electron chi connectivity index (χ2n) is 3.08. The lowest BCUT2D eigenvalue weighted by molar-refractivity contribution is -0.117. The van der Waals surface area contributed by atoms with Gasteiger partial charge in [0.25, 0.3) is 0 Å². The molecule has 1 N–H and O–H groups in total. The summed E-state index contributed by atoms with van der Waals surface area (Å²) in [6.45, 7) is 0. The van der Waals surface area contributed by atoms with Crippen LogP contribution >= 0.6 is 0 Å². The zero-order valence-corrected chi connectivity index (χ0v) is 6.06. The number of hydrogen-bond donors (Lipinski definition) is 1. The van der Waals surface area contributed by atoms with Crippen LogP contribution in [0, 0.1) is 5.92 Å². The van der Waals surface area contributed by atoms with E-state index < -0.39 is 6.29 Å². The molecule has 1 saturated heterocycles. The first-order valence-electron chi connectivity index (χ1n) is 3.80. The summed E-state index contributed by atoms with van der Waals surface area (Å²) in [5, 5.41) is 9.08. The van der Waals surface area contributed by atoms with Gasteiger partial charge in [-0.15, -0.1) is 0 Å². The molecule has 3 heteroatoms. The van der Waals surface area contributed by atoms with Crippen LogP contribution in [0.25, 0.3) is 0 Å². The molecule has 0 saturated carbocycles. The molecule has 11 heavy (non-hydrogen) atoms. The SMILES string of the molecule is O=C1C=CC2OC(O)CC2C1. The maximum Gasteiger partial charge on any atom is 0.155 e. The van der Waals surface area contributed by atoms with Crippen molar-refractivity contribution in [2.45, 2.75) is 25.2 Å². The first kappa shape index (κ1) is 7.00. The standard InChI is InChI=1S/C8H10O3/c9-6-1-2-7-5(3-6)4-8(10)11-7/h1-2,5,7-8,10H,3-4H2. The van der Waals surface area contributed by atoms with Crippen molar-refractivity contribution < 1.29 is 14.6 Å². The predicted molar refractivity (Wildman–Crippen MR) is 37.8 cm³/mol. The normalized spacial score (nSPS) is 42.6. The van der Waals surface area contributed by atoms with Crippen LogP contribution < -0.4 is 0 Å². The first-order valence-corrected chi connectivity index (χ1v) is 3.80. The zero-order chi connectivity index (χ0) is 7.84. The van der Waals surface area contributed by atoms with Crippen LogP contribution in [-0.2, 0) is 9.53 Å². The Balaban J connectivity index is 2.13. The Kier molecular flexibility index (Phi) is 1.55. The molecular formula is C8H10O3. The summed E-state index contributed by atoms with van der Waals surface area (Å²) in [4.78, 5) is 10.9. The highest BCUT2D eigenvalue weighted by Gasteiger charge is 2.35. The number of ketones is 1. The van der Waals surface area contributed by atoms with Crippen molar-refractivity contribution in [3.63, 3.8) is 0 Å². The van der Waals surface area contributed by atoms with Gasteiger partial charge in [0.15, 0.2) is 12.1 Å². The molecule has 2 rings (SSSR count). The number of ether oxygens (including phenoxy) is 1. The largest absolute Gasteiger partial charge is 0.368 e. The van der Waals surface area contributed by atoms with E-state index in [0.29, 0.717) is 12.8 Å². The second-order valence-corrected chi connectivity index (χ2v) is 3.08. The van der Waals surface area contributed by atoms with E-state index in [1.807, 2.05) is 0 Å².